The molecule has 1 aromatic heterocycles. The van der Waals surface area contributed by atoms with Crippen molar-refractivity contribution in [2.45, 2.75) is 161 Å². The molecule has 0 radical (unpaired) electrons. The number of anilines is 12. The molecular weight excluding hydrogens is 1290 g/mol. The molecule has 0 saturated heterocycles. The summed E-state index contributed by atoms with van der Waals surface area (Å²) in [6, 6.07) is 104. The molecule has 3 aliphatic carbocycles. The SMILES string of the molecule is CC(C)(C)c1ccc(N(c2ccc3c(c2)N(c2ccc4c(c2)C(C)(C)CCC4(C)C)c2cc(N(c4ccccc4)c4ccccc4)cc4c2B3c2sc3ccc(-c5cc(C(C)(C)C)cc(C(C)(C)C)c5)cc3c2N4c2cccc3c2-c2ccccc2C32CCCC2)c2ccccc2-c2ccccc2)cc1. The third kappa shape index (κ3) is 11.0. The predicted octanol–water partition coefficient (Wildman–Crippen LogP) is 26.3. The highest BCUT2D eigenvalue weighted by Gasteiger charge is 2.51. The van der Waals surface area contributed by atoms with Gasteiger partial charge in [0.1, 0.15) is 0 Å². The smallest absolute Gasteiger partial charge is 0.264 e. The second kappa shape index (κ2) is 24.5. The maximum Gasteiger partial charge on any atom is 0.264 e. The van der Waals surface area contributed by atoms with Crippen LogP contribution in [0.5, 0.6) is 0 Å². The van der Waals surface area contributed by atoms with Gasteiger partial charge >= 0.3 is 0 Å². The quantitative estimate of drug-likeness (QED) is 0.127. The number of rotatable bonds is 10. The molecule has 18 rings (SSSR count). The van der Waals surface area contributed by atoms with E-state index in [1.54, 1.807) is 0 Å². The lowest BCUT2D eigenvalue weighted by Crippen LogP contribution is -2.60. The van der Waals surface area contributed by atoms with Crippen LogP contribution in [0.25, 0.3) is 43.5 Å². The average Bonchev–Trinajstić information content (AvgIpc) is 1.24. The first-order valence-electron chi connectivity index (χ1n) is 38.4. The van der Waals surface area contributed by atoms with Gasteiger partial charge in [-0.2, -0.15) is 0 Å². The summed E-state index contributed by atoms with van der Waals surface area (Å²) < 4.78 is 2.64. The highest BCUT2D eigenvalue weighted by molar-refractivity contribution is 7.33. The number of fused-ring (bicyclic) bond motifs is 12. The summed E-state index contributed by atoms with van der Waals surface area (Å²) in [5.41, 5.74) is 33.6. The summed E-state index contributed by atoms with van der Waals surface area (Å²) in [6.07, 6.45) is 6.98. The number of hydrogen-bond donors (Lipinski definition) is 0. The monoisotopic (exact) mass is 1380 g/mol. The van der Waals surface area contributed by atoms with Gasteiger partial charge in [-0.15, -0.1) is 11.3 Å². The van der Waals surface area contributed by atoms with Crippen LogP contribution in [0, 0.1) is 0 Å². The summed E-state index contributed by atoms with van der Waals surface area (Å²) in [5, 5.41) is 1.27. The Bertz CT molecular complexity index is 5510. The maximum atomic E-state index is 2.81. The number of thiophene rings is 1. The molecule has 2 aliphatic heterocycles. The Morgan fingerprint density at radius 3 is 1.59 bits per heavy atom. The first kappa shape index (κ1) is 66.8. The molecule has 6 heteroatoms. The number of hydrogen-bond acceptors (Lipinski definition) is 5. The minimum Gasteiger partial charge on any atom is -0.311 e. The van der Waals surface area contributed by atoms with Crippen molar-refractivity contribution in [2.24, 2.45) is 0 Å². The fourth-order valence-electron chi connectivity index (χ4n) is 18.7. The van der Waals surface area contributed by atoms with Crippen LogP contribution in [0.15, 0.2) is 267 Å². The first-order valence-corrected chi connectivity index (χ1v) is 39.2. The second-order valence-corrected chi connectivity index (χ2v) is 36.2. The lowest BCUT2D eigenvalue weighted by atomic mass is 9.36. The molecule has 5 aliphatic rings. The molecule has 0 atom stereocenters. The third-order valence-electron chi connectivity index (χ3n) is 24.5. The molecule has 105 heavy (non-hydrogen) atoms. The number of para-hydroxylation sites is 3. The van der Waals surface area contributed by atoms with Crippen molar-refractivity contribution in [3.63, 3.8) is 0 Å². The number of benzene rings is 12. The molecular formula is C99H95BN4S. The lowest BCUT2D eigenvalue weighted by molar-refractivity contribution is 0.332. The summed E-state index contributed by atoms with van der Waals surface area (Å²) in [4.78, 5) is 10.6. The molecule has 0 unspecified atom stereocenters. The van der Waals surface area contributed by atoms with Gasteiger partial charge in [0.2, 0.25) is 0 Å². The Morgan fingerprint density at radius 1 is 0.371 bits per heavy atom. The predicted molar refractivity (Wildman–Crippen MR) is 452 cm³/mol. The summed E-state index contributed by atoms with van der Waals surface area (Å²) in [6.45, 7) is 30.8. The van der Waals surface area contributed by atoms with Crippen molar-refractivity contribution in [1.29, 1.82) is 0 Å². The van der Waals surface area contributed by atoms with Gasteiger partial charge in [0.05, 0.1) is 22.7 Å². The van der Waals surface area contributed by atoms with Crippen molar-refractivity contribution in [3.8, 4) is 33.4 Å². The van der Waals surface area contributed by atoms with Crippen LogP contribution in [-0.2, 0) is 32.5 Å². The zero-order valence-corrected chi connectivity index (χ0v) is 64.2. The molecule has 12 aromatic carbocycles. The number of nitrogens with zero attached hydrogens (tertiary/aromatic N) is 4. The fraction of sp³-hybridized carbons (Fsp3) is 0.253. The van der Waals surface area contributed by atoms with Gasteiger partial charge in [0.15, 0.2) is 0 Å². The molecule has 3 heterocycles. The van der Waals surface area contributed by atoms with Crippen LogP contribution in [-0.4, -0.2) is 6.71 Å². The zero-order chi connectivity index (χ0) is 72.3. The second-order valence-electron chi connectivity index (χ2n) is 35.1. The highest BCUT2D eigenvalue weighted by Crippen LogP contribution is 2.62. The summed E-state index contributed by atoms with van der Waals surface area (Å²) in [5.74, 6) is 0. The van der Waals surface area contributed by atoms with Gasteiger partial charge in [-0.3, -0.25) is 0 Å². The molecule has 1 saturated carbocycles. The van der Waals surface area contributed by atoms with E-state index >= 15 is 0 Å². The molecule has 4 nitrogen and oxygen atoms in total. The minimum atomic E-state index is -0.176. The summed E-state index contributed by atoms with van der Waals surface area (Å²) in [7, 11) is 0. The topological polar surface area (TPSA) is 13.0 Å². The average molecular weight is 1380 g/mol. The fourth-order valence-corrected chi connectivity index (χ4v) is 20.0. The molecule has 0 bridgehead atoms. The van der Waals surface area contributed by atoms with E-state index in [1.807, 2.05) is 11.3 Å². The molecule has 0 N–H and O–H groups in total. The van der Waals surface area contributed by atoms with Crippen LogP contribution < -0.4 is 35.3 Å². The van der Waals surface area contributed by atoms with Crippen LogP contribution in [0.3, 0.4) is 0 Å². The lowest BCUT2D eigenvalue weighted by Gasteiger charge is -2.46. The van der Waals surface area contributed by atoms with E-state index < -0.39 is 0 Å². The van der Waals surface area contributed by atoms with Gasteiger partial charge in [0, 0.05) is 76.9 Å². The van der Waals surface area contributed by atoms with Crippen LogP contribution >= 0.6 is 11.3 Å². The highest BCUT2D eigenvalue weighted by atomic mass is 32.1. The van der Waals surface area contributed by atoms with Crippen LogP contribution in [0.2, 0.25) is 0 Å². The van der Waals surface area contributed by atoms with E-state index in [2.05, 4.69) is 377 Å². The zero-order valence-electron chi connectivity index (χ0n) is 63.4. The maximum absolute atomic E-state index is 2.81. The van der Waals surface area contributed by atoms with Gasteiger partial charge in [0.25, 0.3) is 6.71 Å². The van der Waals surface area contributed by atoms with E-state index in [-0.39, 0.29) is 39.2 Å². The first-order chi connectivity index (χ1) is 50.4. The van der Waals surface area contributed by atoms with Gasteiger partial charge < -0.3 is 19.6 Å². The van der Waals surface area contributed by atoms with E-state index in [1.165, 1.54) is 139 Å². The Morgan fingerprint density at radius 2 is 0.933 bits per heavy atom. The van der Waals surface area contributed by atoms with Crippen molar-refractivity contribution in [2.75, 3.05) is 19.6 Å². The standard InChI is InChI=1S/C99H95BN4S/c1-94(2,3)67-43-45-72(46-44-67)102(84-40-26-24-36-76(84)64-30-17-14-18-31-64)74-48-50-83-86(61-74)103(73-47-49-80-82(60-73)98(12,13)55-54-97(80,10)11)87-62-75(101(70-32-19-15-20-33-70)71-34-21-16-22-35-71)63-88-91(87)100(83)93-92(104(88)85-41-29-39-81-90(85)77-37-23-25-38-79(77)99(81)52-27-28-53-99)78-58-65(42-51-89(78)105-93)66-56-68(95(4,5)6)59-69(57-66)96(7,8)9/h14-26,29-51,56-63H,27-28,52-55H2,1-13H3. The van der Waals surface area contributed by atoms with Crippen molar-refractivity contribution in [3.05, 3.63) is 306 Å². The minimum absolute atomic E-state index is 0.00937. The Kier molecular flexibility index (Phi) is 15.6. The molecule has 520 valence electrons. The van der Waals surface area contributed by atoms with Crippen molar-refractivity contribution in [1.82, 2.24) is 0 Å². The van der Waals surface area contributed by atoms with Crippen LogP contribution in [0.1, 0.15) is 167 Å². The van der Waals surface area contributed by atoms with Crippen molar-refractivity contribution < 1.29 is 0 Å². The third-order valence-corrected chi connectivity index (χ3v) is 25.7. The normalized spacial score (nSPS) is 15.8. The van der Waals surface area contributed by atoms with E-state index in [0.29, 0.717) is 0 Å². The molecule has 13 aromatic rings. The molecule has 1 spiro atoms. The van der Waals surface area contributed by atoms with Crippen LogP contribution in [0.4, 0.5) is 68.2 Å². The van der Waals surface area contributed by atoms with Gasteiger partial charge in [-0.1, -0.05) is 273 Å². The Labute approximate surface area is 627 Å². The molecule has 1 fully saturated rings. The van der Waals surface area contributed by atoms with E-state index in [4.69, 9.17) is 0 Å². The van der Waals surface area contributed by atoms with Crippen molar-refractivity contribution >= 4 is 112 Å². The Hall–Kier alpha value is -10.1. The van der Waals surface area contributed by atoms with Gasteiger partial charge in [-0.05, 0) is 222 Å². The Balaban J connectivity index is 0.989. The van der Waals surface area contributed by atoms with E-state index in [0.717, 1.165) is 65.5 Å². The van der Waals surface area contributed by atoms with E-state index in [9.17, 15) is 0 Å². The largest absolute Gasteiger partial charge is 0.311 e. The van der Waals surface area contributed by atoms with Gasteiger partial charge in [-0.25, -0.2) is 0 Å². The molecule has 0 amide bonds. The summed E-state index contributed by atoms with van der Waals surface area (Å²) >= 11 is 2.00.